The molecule has 1 aromatic carbocycles. The van der Waals surface area contributed by atoms with Crippen molar-refractivity contribution in [3.63, 3.8) is 0 Å². The summed E-state index contributed by atoms with van der Waals surface area (Å²) in [6.45, 7) is 7.52. The lowest BCUT2D eigenvalue weighted by molar-refractivity contribution is 0.513. The van der Waals surface area contributed by atoms with Crippen LogP contribution in [0.3, 0.4) is 0 Å². The van der Waals surface area contributed by atoms with Crippen molar-refractivity contribution in [3.8, 4) is 0 Å². The summed E-state index contributed by atoms with van der Waals surface area (Å²) in [7, 11) is 0. The van der Waals surface area contributed by atoms with Crippen LogP contribution < -0.4 is 5.32 Å². The molecule has 0 unspecified atom stereocenters. The first-order valence-corrected chi connectivity index (χ1v) is 5.58. The van der Waals surface area contributed by atoms with Crippen LogP contribution in [-0.2, 0) is 13.0 Å². The molecule has 2 rings (SSSR count). The van der Waals surface area contributed by atoms with Crippen molar-refractivity contribution in [2.75, 3.05) is 0 Å². The molecule has 0 saturated carbocycles. The largest absolute Gasteiger partial charge is 0.310 e. The van der Waals surface area contributed by atoms with Crippen LogP contribution in [-0.4, -0.2) is 6.04 Å². The first kappa shape index (κ1) is 11.3. The third-order valence-corrected chi connectivity index (χ3v) is 2.29. The van der Waals surface area contributed by atoms with E-state index in [0.29, 0.717) is 6.04 Å². The molecule has 0 aliphatic carbocycles. The summed E-state index contributed by atoms with van der Waals surface area (Å²) in [5.41, 5.74) is 2.98. The second-order valence-electron chi connectivity index (χ2n) is 3.96. The predicted molar refractivity (Wildman–Crippen MR) is 62.4 cm³/mol. The van der Waals surface area contributed by atoms with Crippen molar-refractivity contribution in [2.24, 2.45) is 0 Å². The summed E-state index contributed by atoms with van der Waals surface area (Å²) >= 11 is 0. The van der Waals surface area contributed by atoms with Crippen molar-refractivity contribution < 1.29 is 0 Å². The number of rotatable bonds is 0. The summed E-state index contributed by atoms with van der Waals surface area (Å²) in [6.07, 6.45) is 2.43. The van der Waals surface area contributed by atoms with Gasteiger partial charge in [0.15, 0.2) is 0 Å². The van der Waals surface area contributed by atoms with Crippen molar-refractivity contribution in [1.29, 1.82) is 0 Å². The molecule has 0 spiro atoms. The molecule has 0 radical (unpaired) electrons. The van der Waals surface area contributed by atoms with E-state index in [-0.39, 0.29) is 0 Å². The average Bonchev–Trinajstić information content (AvgIpc) is 2.19. The SMILES string of the molecule is CCC.C[C@H]1Cc2ccccc2CN1. The highest BCUT2D eigenvalue weighted by molar-refractivity contribution is 5.29. The van der Waals surface area contributed by atoms with Gasteiger partial charge in [-0.2, -0.15) is 0 Å². The minimum Gasteiger partial charge on any atom is -0.310 e. The van der Waals surface area contributed by atoms with Gasteiger partial charge < -0.3 is 5.32 Å². The first-order valence-electron chi connectivity index (χ1n) is 5.58. The van der Waals surface area contributed by atoms with E-state index in [1.165, 1.54) is 24.0 Å². The molecular formula is C13H21N. The summed E-state index contributed by atoms with van der Waals surface area (Å²) < 4.78 is 0. The highest BCUT2D eigenvalue weighted by Gasteiger charge is 2.12. The fourth-order valence-corrected chi connectivity index (χ4v) is 1.62. The maximum atomic E-state index is 3.44. The van der Waals surface area contributed by atoms with Gasteiger partial charge in [-0.15, -0.1) is 0 Å². The van der Waals surface area contributed by atoms with Crippen LogP contribution in [0.5, 0.6) is 0 Å². The Hall–Kier alpha value is -0.820. The normalized spacial score (nSPS) is 19.2. The van der Waals surface area contributed by atoms with Crippen LogP contribution in [0.25, 0.3) is 0 Å². The third-order valence-electron chi connectivity index (χ3n) is 2.29. The molecule has 1 nitrogen and oxygen atoms in total. The molecule has 1 heterocycles. The predicted octanol–water partition coefficient (Wildman–Crippen LogP) is 3.14. The molecule has 1 aromatic rings. The Morgan fingerprint density at radius 1 is 1.21 bits per heavy atom. The zero-order valence-corrected chi connectivity index (χ0v) is 9.51. The van der Waals surface area contributed by atoms with Crippen molar-refractivity contribution in [3.05, 3.63) is 35.4 Å². The van der Waals surface area contributed by atoms with E-state index in [1.54, 1.807) is 0 Å². The maximum Gasteiger partial charge on any atom is 0.0210 e. The molecule has 1 N–H and O–H groups in total. The molecule has 1 heteroatoms. The van der Waals surface area contributed by atoms with E-state index in [4.69, 9.17) is 0 Å². The standard InChI is InChI=1S/C10H13N.C3H8/c1-8-6-9-4-2-3-5-10(9)7-11-8;1-3-2/h2-5,8,11H,6-7H2,1H3;3H2,1-2H3/t8-;/m0./s1. The maximum absolute atomic E-state index is 3.44. The lowest BCUT2D eigenvalue weighted by Gasteiger charge is -2.22. The van der Waals surface area contributed by atoms with Gasteiger partial charge in [-0.05, 0) is 24.5 Å². The molecular weight excluding hydrogens is 170 g/mol. The Morgan fingerprint density at radius 2 is 1.79 bits per heavy atom. The Bertz CT molecular complexity index is 268. The van der Waals surface area contributed by atoms with Crippen LogP contribution in [0.2, 0.25) is 0 Å². The Labute approximate surface area is 87.5 Å². The fourth-order valence-electron chi connectivity index (χ4n) is 1.62. The van der Waals surface area contributed by atoms with Gasteiger partial charge in [-0.25, -0.2) is 0 Å². The second-order valence-corrected chi connectivity index (χ2v) is 3.96. The highest BCUT2D eigenvalue weighted by Crippen LogP contribution is 2.15. The minimum absolute atomic E-state index is 0.643. The molecule has 0 bridgehead atoms. The van der Waals surface area contributed by atoms with Crippen LogP contribution in [0, 0.1) is 0 Å². The molecule has 1 aliphatic rings. The first-order chi connectivity index (χ1) is 6.77. The summed E-state index contributed by atoms with van der Waals surface area (Å²) in [6, 6.07) is 9.30. The molecule has 0 saturated heterocycles. The van der Waals surface area contributed by atoms with Gasteiger partial charge in [0.05, 0.1) is 0 Å². The highest BCUT2D eigenvalue weighted by atomic mass is 14.9. The fraction of sp³-hybridized carbons (Fsp3) is 0.538. The van der Waals surface area contributed by atoms with E-state index >= 15 is 0 Å². The van der Waals surface area contributed by atoms with Crippen molar-refractivity contribution in [2.45, 2.75) is 46.2 Å². The number of benzene rings is 1. The van der Waals surface area contributed by atoms with Gasteiger partial charge in [-0.3, -0.25) is 0 Å². The Balaban J connectivity index is 0.000000293. The van der Waals surface area contributed by atoms with Crippen LogP contribution in [0.1, 0.15) is 38.3 Å². The Kier molecular flexibility index (Phi) is 4.68. The van der Waals surface area contributed by atoms with Crippen LogP contribution >= 0.6 is 0 Å². The smallest absolute Gasteiger partial charge is 0.0210 e. The van der Waals surface area contributed by atoms with Crippen molar-refractivity contribution in [1.82, 2.24) is 5.32 Å². The van der Waals surface area contributed by atoms with Crippen molar-refractivity contribution >= 4 is 0 Å². The molecule has 0 aromatic heterocycles. The van der Waals surface area contributed by atoms with Gasteiger partial charge in [0, 0.05) is 12.6 Å². The van der Waals surface area contributed by atoms with E-state index < -0.39 is 0 Å². The van der Waals surface area contributed by atoms with E-state index in [9.17, 15) is 0 Å². The molecule has 14 heavy (non-hydrogen) atoms. The van der Waals surface area contributed by atoms with Gasteiger partial charge in [-0.1, -0.05) is 44.5 Å². The lowest BCUT2D eigenvalue weighted by atomic mass is 9.97. The van der Waals surface area contributed by atoms with Gasteiger partial charge in [0.1, 0.15) is 0 Å². The molecule has 0 fully saturated rings. The van der Waals surface area contributed by atoms with Gasteiger partial charge in [0.2, 0.25) is 0 Å². The minimum atomic E-state index is 0.643. The Morgan fingerprint density at radius 3 is 2.43 bits per heavy atom. The molecule has 1 aliphatic heterocycles. The average molecular weight is 191 g/mol. The van der Waals surface area contributed by atoms with E-state index in [2.05, 4.69) is 50.4 Å². The molecule has 0 amide bonds. The topological polar surface area (TPSA) is 12.0 Å². The molecule has 1 atom stereocenters. The second kappa shape index (κ2) is 5.82. The summed E-state index contributed by atoms with van der Waals surface area (Å²) in [5, 5.41) is 3.44. The third kappa shape index (κ3) is 3.15. The number of fused-ring (bicyclic) bond motifs is 1. The van der Waals surface area contributed by atoms with E-state index in [0.717, 1.165) is 6.54 Å². The van der Waals surface area contributed by atoms with Gasteiger partial charge in [0.25, 0.3) is 0 Å². The number of hydrogen-bond donors (Lipinski definition) is 1. The summed E-state index contributed by atoms with van der Waals surface area (Å²) in [5.74, 6) is 0. The van der Waals surface area contributed by atoms with Crippen LogP contribution in [0.4, 0.5) is 0 Å². The zero-order valence-electron chi connectivity index (χ0n) is 9.51. The number of hydrogen-bond acceptors (Lipinski definition) is 1. The lowest BCUT2D eigenvalue weighted by Crippen LogP contribution is -2.32. The number of nitrogens with one attached hydrogen (secondary N) is 1. The van der Waals surface area contributed by atoms with Crippen LogP contribution in [0.15, 0.2) is 24.3 Å². The van der Waals surface area contributed by atoms with Gasteiger partial charge >= 0.3 is 0 Å². The molecule has 78 valence electrons. The zero-order chi connectivity index (χ0) is 10.4. The summed E-state index contributed by atoms with van der Waals surface area (Å²) in [4.78, 5) is 0. The van der Waals surface area contributed by atoms with E-state index in [1.807, 2.05) is 0 Å². The quantitative estimate of drug-likeness (QED) is 0.664. The monoisotopic (exact) mass is 191 g/mol.